The van der Waals surface area contributed by atoms with E-state index in [1.807, 2.05) is 0 Å². The van der Waals surface area contributed by atoms with Gasteiger partial charge in [0.15, 0.2) is 0 Å². The molecule has 0 saturated carbocycles. The first-order valence-electron chi connectivity index (χ1n) is 9.84. The van der Waals surface area contributed by atoms with Crippen molar-refractivity contribution in [1.82, 2.24) is 4.98 Å². The Morgan fingerprint density at radius 3 is 2.19 bits per heavy atom. The number of hydrogen-bond donors (Lipinski definition) is 0. The monoisotopic (exact) mass is 357 g/mol. The van der Waals surface area contributed by atoms with Crippen LogP contribution in [0, 0.1) is 27.7 Å². The largest absolute Gasteiger partial charge is 0.257 e. The van der Waals surface area contributed by atoms with Crippen LogP contribution in [0.1, 0.15) is 66.8 Å². The highest BCUT2D eigenvalue weighted by Crippen LogP contribution is 2.42. The summed E-state index contributed by atoms with van der Waals surface area (Å²) in [6.07, 6.45) is 5.66. The molecule has 1 aromatic carbocycles. The fourth-order valence-electron chi connectivity index (χ4n) is 4.52. The molecule has 0 saturated heterocycles. The minimum Gasteiger partial charge on any atom is -0.257 e. The van der Waals surface area contributed by atoms with Crippen LogP contribution in [0.2, 0.25) is 0 Å². The van der Waals surface area contributed by atoms with Gasteiger partial charge >= 0.3 is 0 Å². The second-order valence-electron chi connectivity index (χ2n) is 8.12. The van der Waals surface area contributed by atoms with Crippen LogP contribution in [0.25, 0.3) is 0 Å². The minimum absolute atomic E-state index is 0.168. The maximum absolute atomic E-state index is 4.97. The molecule has 0 aliphatic heterocycles. The second-order valence-corrected chi connectivity index (χ2v) is 8.12. The summed E-state index contributed by atoms with van der Waals surface area (Å²) in [4.78, 5) is 4.97. The first kappa shape index (κ1) is 19.4. The summed E-state index contributed by atoms with van der Waals surface area (Å²) < 4.78 is 0. The maximum atomic E-state index is 4.97. The molecular weight excluding hydrogens is 326 g/mol. The summed E-state index contributed by atoms with van der Waals surface area (Å²) in [6, 6.07) is 11.0. The van der Waals surface area contributed by atoms with E-state index in [4.69, 9.17) is 4.98 Å². The van der Waals surface area contributed by atoms with Gasteiger partial charge < -0.3 is 0 Å². The number of allylic oxidation sites excluding steroid dienone is 6. The molecule has 27 heavy (non-hydrogen) atoms. The van der Waals surface area contributed by atoms with Gasteiger partial charge in [-0.15, -0.1) is 0 Å². The lowest BCUT2D eigenvalue weighted by Gasteiger charge is -2.27. The summed E-state index contributed by atoms with van der Waals surface area (Å²) in [5.74, 6) is 0.168. The highest BCUT2D eigenvalue weighted by Gasteiger charge is 2.27. The molecule has 0 radical (unpaired) electrons. The summed E-state index contributed by atoms with van der Waals surface area (Å²) in [6.45, 7) is 15.5. The SMILES string of the molecule is CC1=CCC(C)=C(C(c2cccc(C)n2)c2c(C)cc(C)cc2C)C(C)=C1. The quantitative estimate of drug-likeness (QED) is 0.573. The average molecular weight is 358 g/mol. The van der Waals surface area contributed by atoms with E-state index in [1.54, 1.807) is 0 Å². The van der Waals surface area contributed by atoms with E-state index < -0.39 is 0 Å². The Morgan fingerprint density at radius 1 is 0.889 bits per heavy atom. The van der Waals surface area contributed by atoms with Gasteiger partial charge in [0.2, 0.25) is 0 Å². The van der Waals surface area contributed by atoms with Gasteiger partial charge in [-0.05, 0) is 94.9 Å². The number of rotatable bonds is 3. The third-order valence-electron chi connectivity index (χ3n) is 5.58. The Bertz CT molecular complexity index is 946. The first-order valence-corrected chi connectivity index (χ1v) is 9.84. The highest BCUT2D eigenvalue weighted by molar-refractivity contribution is 5.56. The fraction of sp³-hybridized carbons (Fsp3) is 0.346. The van der Waals surface area contributed by atoms with E-state index in [0.717, 1.165) is 17.8 Å². The van der Waals surface area contributed by atoms with Crippen LogP contribution in [0.4, 0.5) is 0 Å². The first-order chi connectivity index (χ1) is 12.8. The number of nitrogens with zero attached hydrogens (tertiary/aromatic N) is 1. The number of aryl methyl sites for hydroxylation is 4. The lowest BCUT2D eigenvalue weighted by atomic mass is 9.77. The maximum Gasteiger partial charge on any atom is 0.0526 e. The zero-order valence-electron chi connectivity index (χ0n) is 17.8. The van der Waals surface area contributed by atoms with Crippen LogP contribution in [0.3, 0.4) is 0 Å². The second kappa shape index (κ2) is 7.68. The molecule has 0 bridgehead atoms. The lowest BCUT2D eigenvalue weighted by Crippen LogP contribution is -2.13. The summed E-state index contributed by atoms with van der Waals surface area (Å²) in [7, 11) is 0. The molecule has 1 aromatic heterocycles. The molecule has 2 aromatic rings. The Morgan fingerprint density at radius 2 is 1.56 bits per heavy atom. The highest BCUT2D eigenvalue weighted by atomic mass is 14.7. The van der Waals surface area contributed by atoms with Crippen molar-refractivity contribution in [2.75, 3.05) is 0 Å². The third kappa shape index (κ3) is 3.98. The van der Waals surface area contributed by atoms with Crippen LogP contribution in [0.15, 0.2) is 64.8 Å². The standard InChI is InChI=1S/C26H31N/c1-16-11-12-18(3)24(19(4)13-16)26(23-10-8-9-22(7)27-23)25-20(5)14-17(2)15-21(25)6/h8-11,13-15,26H,12H2,1-7H3. The Hall–Kier alpha value is -2.41. The van der Waals surface area contributed by atoms with Crippen molar-refractivity contribution >= 4 is 0 Å². The molecule has 1 aliphatic rings. The zero-order valence-corrected chi connectivity index (χ0v) is 17.8. The van der Waals surface area contributed by atoms with Gasteiger partial charge in [0.05, 0.1) is 11.6 Å². The van der Waals surface area contributed by atoms with Crippen LogP contribution < -0.4 is 0 Å². The molecule has 0 N–H and O–H groups in total. The van der Waals surface area contributed by atoms with Gasteiger partial charge in [-0.25, -0.2) is 0 Å². The predicted molar refractivity (Wildman–Crippen MR) is 116 cm³/mol. The van der Waals surface area contributed by atoms with Crippen LogP contribution in [0.5, 0.6) is 0 Å². The topological polar surface area (TPSA) is 12.9 Å². The molecule has 0 fully saturated rings. The van der Waals surface area contributed by atoms with Gasteiger partial charge in [-0.1, -0.05) is 47.1 Å². The van der Waals surface area contributed by atoms with Crippen molar-refractivity contribution in [3.05, 3.63) is 98.4 Å². The molecule has 0 amide bonds. The van der Waals surface area contributed by atoms with Crippen LogP contribution >= 0.6 is 0 Å². The van der Waals surface area contributed by atoms with Crippen molar-refractivity contribution in [2.45, 2.75) is 60.8 Å². The molecule has 1 heteroatoms. The zero-order chi connectivity index (χ0) is 19.7. The van der Waals surface area contributed by atoms with E-state index in [1.165, 1.54) is 44.5 Å². The van der Waals surface area contributed by atoms with Gasteiger partial charge in [0.1, 0.15) is 0 Å². The normalized spacial score (nSPS) is 16.0. The Kier molecular flexibility index (Phi) is 5.51. The third-order valence-corrected chi connectivity index (χ3v) is 5.58. The van der Waals surface area contributed by atoms with Crippen LogP contribution in [-0.4, -0.2) is 4.98 Å². The number of hydrogen-bond acceptors (Lipinski definition) is 1. The molecule has 1 nitrogen and oxygen atoms in total. The molecule has 1 atom stereocenters. The molecule has 1 aliphatic carbocycles. The molecular formula is C26H31N. The molecule has 1 unspecified atom stereocenters. The van der Waals surface area contributed by atoms with Crippen LogP contribution in [-0.2, 0) is 0 Å². The number of benzene rings is 1. The van der Waals surface area contributed by atoms with E-state index in [9.17, 15) is 0 Å². The van der Waals surface area contributed by atoms with Gasteiger partial charge in [-0.2, -0.15) is 0 Å². The van der Waals surface area contributed by atoms with E-state index in [-0.39, 0.29) is 5.92 Å². The van der Waals surface area contributed by atoms with Crippen molar-refractivity contribution in [3.8, 4) is 0 Å². The van der Waals surface area contributed by atoms with Gasteiger partial charge in [-0.3, -0.25) is 4.98 Å². The summed E-state index contributed by atoms with van der Waals surface area (Å²) >= 11 is 0. The van der Waals surface area contributed by atoms with E-state index in [2.05, 4.69) is 91.0 Å². The van der Waals surface area contributed by atoms with Crippen molar-refractivity contribution in [3.63, 3.8) is 0 Å². The predicted octanol–water partition coefficient (Wildman–Crippen LogP) is 7.06. The van der Waals surface area contributed by atoms with E-state index >= 15 is 0 Å². The van der Waals surface area contributed by atoms with Crippen molar-refractivity contribution < 1.29 is 0 Å². The number of aromatic nitrogens is 1. The van der Waals surface area contributed by atoms with Gasteiger partial charge in [0.25, 0.3) is 0 Å². The lowest BCUT2D eigenvalue weighted by molar-refractivity contribution is 0.854. The smallest absolute Gasteiger partial charge is 0.0526 e. The number of pyridine rings is 1. The Balaban J connectivity index is 2.32. The fourth-order valence-corrected chi connectivity index (χ4v) is 4.52. The molecule has 140 valence electrons. The minimum atomic E-state index is 0.168. The summed E-state index contributed by atoms with van der Waals surface area (Å²) in [5, 5.41) is 0. The van der Waals surface area contributed by atoms with Crippen molar-refractivity contribution in [2.24, 2.45) is 0 Å². The van der Waals surface area contributed by atoms with Gasteiger partial charge in [0, 0.05) is 5.69 Å². The van der Waals surface area contributed by atoms with Crippen molar-refractivity contribution in [1.29, 1.82) is 0 Å². The summed E-state index contributed by atoms with van der Waals surface area (Å²) in [5.41, 5.74) is 13.2. The van der Waals surface area contributed by atoms with E-state index in [0.29, 0.717) is 0 Å². The molecule has 3 rings (SSSR count). The molecule has 0 spiro atoms. The Labute approximate surface area is 164 Å². The molecule has 1 heterocycles. The average Bonchev–Trinajstić information content (AvgIpc) is 2.69.